The number of aliphatic hydroxyl groups is 1. The van der Waals surface area contributed by atoms with Gasteiger partial charge < -0.3 is 24.6 Å². The van der Waals surface area contributed by atoms with Gasteiger partial charge in [0.15, 0.2) is 11.5 Å². The van der Waals surface area contributed by atoms with E-state index in [0.717, 1.165) is 43.1 Å². The topological polar surface area (TPSA) is 60.0 Å². The fourth-order valence-corrected chi connectivity index (χ4v) is 2.76. The molecule has 116 valence electrons. The summed E-state index contributed by atoms with van der Waals surface area (Å²) in [7, 11) is 0. The van der Waals surface area contributed by atoms with Crippen molar-refractivity contribution in [2.75, 3.05) is 32.9 Å². The molecule has 1 aromatic carbocycles. The van der Waals surface area contributed by atoms with E-state index in [-0.39, 0.29) is 0 Å². The van der Waals surface area contributed by atoms with Crippen LogP contribution in [0.2, 0.25) is 0 Å². The van der Waals surface area contributed by atoms with E-state index in [1.807, 2.05) is 18.2 Å². The fourth-order valence-electron chi connectivity index (χ4n) is 2.76. The van der Waals surface area contributed by atoms with Crippen molar-refractivity contribution in [3.05, 3.63) is 23.8 Å². The molecule has 1 aromatic rings. The predicted octanol–water partition coefficient (Wildman–Crippen LogP) is 1.65. The smallest absolute Gasteiger partial charge is 0.161 e. The molecule has 2 atom stereocenters. The number of nitrogens with one attached hydrogen (secondary N) is 1. The zero-order valence-electron chi connectivity index (χ0n) is 12.2. The van der Waals surface area contributed by atoms with Crippen LogP contribution in [0.4, 0.5) is 0 Å². The Kier molecular flexibility index (Phi) is 4.95. The van der Waals surface area contributed by atoms with E-state index in [1.165, 1.54) is 6.42 Å². The zero-order chi connectivity index (χ0) is 14.5. The highest BCUT2D eigenvalue weighted by Crippen LogP contribution is 2.32. The highest BCUT2D eigenvalue weighted by atomic mass is 16.6. The van der Waals surface area contributed by atoms with Crippen molar-refractivity contribution in [2.24, 2.45) is 0 Å². The summed E-state index contributed by atoms with van der Waals surface area (Å²) in [4.78, 5) is 0. The molecule has 1 saturated heterocycles. The van der Waals surface area contributed by atoms with Crippen LogP contribution in [0.25, 0.3) is 0 Å². The Balaban J connectivity index is 1.45. The van der Waals surface area contributed by atoms with Crippen molar-refractivity contribution < 1.29 is 19.3 Å². The Labute approximate surface area is 125 Å². The second-order valence-corrected chi connectivity index (χ2v) is 5.55. The van der Waals surface area contributed by atoms with Crippen LogP contribution in [0.1, 0.15) is 30.9 Å². The van der Waals surface area contributed by atoms with Crippen LogP contribution in [0.3, 0.4) is 0 Å². The average molecular weight is 293 g/mol. The first-order valence-corrected chi connectivity index (χ1v) is 7.73. The summed E-state index contributed by atoms with van der Waals surface area (Å²) in [5.74, 6) is 1.47. The van der Waals surface area contributed by atoms with Gasteiger partial charge in [0.05, 0.1) is 12.2 Å². The van der Waals surface area contributed by atoms with Crippen molar-refractivity contribution >= 4 is 0 Å². The van der Waals surface area contributed by atoms with E-state index in [0.29, 0.717) is 25.9 Å². The van der Waals surface area contributed by atoms with Gasteiger partial charge in [0.25, 0.3) is 0 Å². The van der Waals surface area contributed by atoms with E-state index < -0.39 is 6.10 Å². The molecule has 0 radical (unpaired) electrons. The molecule has 2 unspecified atom stereocenters. The fraction of sp³-hybridized carbons (Fsp3) is 0.625. The number of aliphatic hydroxyl groups excluding tert-OH is 1. The van der Waals surface area contributed by atoms with Gasteiger partial charge in [-0.15, -0.1) is 0 Å². The van der Waals surface area contributed by atoms with Crippen LogP contribution in [-0.4, -0.2) is 44.1 Å². The van der Waals surface area contributed by atoms with Gasteiger partial charge >= 0.3 is 0 Å². The Morgan fingerprint density at radius 3 is 2.86 bits per heavy atom. The number of hydrogen-bond acceptors (Lipinski definition) is 5. The summed E-state index contributed by atoms with van der Waals surface area (Å²) in [5, 5.41) is 13.5. The van der Waals surface area contributed by atoms with Gasteiger partial charge in [0.1, 0.15) is 13.2 Å². The molecular weight excluding hydrogens is 270 g/mol. The monoisotopic (exact) mass is 293 g/mol. The second kappa shape index (κ2) is 7.11. The van der Waals surface area contributed by atoms with Gasteiger partial charge in [-0.2, -0.15) is 0 Å². The first kappa shape index (κ1) is 14.6. The predicted molar refractivity (Wildman–Crippen MR) is 78.9 cm³/mol. The van der Waals surface area contributed by atoms with Gasteiger partial charge in [-0.3, -0.25) is 0 Å². The molecule has 2 aliphatic heterocycles. The van der Waals surface area contributed by atoms with E-state index in [2.05, 4.69) is 5.32 Å². The van der Waals surface area contributed by atoms with Crippen molar-refractivity contribution in [2.45, 2.75) is 31.5 Å². The molecule has 5 nitrogen and oxygen atoms in total. The molecule has 2 N–H and O–H groups in total. The lowest BCUT2D eigenvalue weighted by Gasteiger charge is -2.20. The first-order chi connectivity index (χ1) is 10.3. The number of rotatable bonds is 6. The standard InChI is InChI=1S/C16H23NO4/c18-14(11-17-6-5-13-2-1-7-19-13)12-3-4-15-16(10-12)21-9-8-20-15/h3-4,10,13-14,17-18H,1-2,5-9,11H2. The Bertz CT molecular complexity index is 460. The summed E-state index contributed by atoms with van der Waals surface area (Å²) in [6.45, 7) is 3.44. The summed E-state index contributed by atoms with van der Waals surface area (Å²) in [6, 6.07) is 5.61. The summed E-state index contributed by atoms with van der Waals surface area (Å²) >= 11 is 0. The first-order valence-electron chi connectivity index (χ1n) is 7.73. The van der Waals surface area contributed by atoms with Gasteiger partial charge in [0, 0.05) is 13.2 Å². The highest BCUT2D eigenvalue weighted by Gasteiger charge is 2.17. The maximum atomic E-state index is 10.2. The number of hydrogen-bond donors (Lipinski definition) is 2. The molecular formula is C16H23NO4. The maximum Gasteiger partial charge on any atom is 0.161 e. The molecule has 0 aromatic heterocycles. The minimum absolute atomic E-state index is 0.393. The van der Waals surface area contributed by atoms with Crippen LogP contribution < -0.4 is 14.8 Å². The number of fused-ring (bicyclic) bond motifs is 1. The molecule has 0 aliphatic carbocycles. The van der Waals surface area contributed by atoms with Crippen molar-refractivity contribution in [3.63, 3.8) is 0 Å². The largest absolute Gasteiger partial charge is 0.486 e. The van der Waals surface area contributed by atoms with Crippen molar-refractivity contribution in [1.82, 2.24) is 5.32 Å². The van der Waals surface area contributed by atoms with Crippen LogP contribution in [0, 0.1) is 0 Å². The minimum atomic E-state index is -0.537. The zero-order valence-corrected chi connectivity index (χ0v) is 12.2. The lowest BCUT2D eigenvalue weighted by atomic mass is 10.1. The number of ether oxygens (including phenoxy) is 3. The summed E-state index contributed by atoms with van der Waals surface area (Å²) in [6.07, 6.45) is 3.19. The lowest BCUT2D eigenvalue weighted by molar-refractivity contribution is 0.102. The van der Waals surface area contributed by atoms with E-state index >= 15 is 0 Å². The molecule has 0 spiro atoms. The molecule has 21 heavy (non-hydrogen) atoms. The highest BCUT2D eigenvalue weighted by molar-refractivity contribution is 5.44. The van der Waals surface area contributed by atoms with Crippen molar-refractivity contribution in [1.29, 1.82) is 0 Å². The second-order valence-electron chi connectivity index (χ2n) is 5.55. The molecule has 0 bridgehead atoms. The minimum Gasteiger partial charge on any atom is -0.486 e. The van der Waals surface area contributed by atoms with Crippen LogP contribution >= 0.6 is 0 Å². The van der Waals surface area contributed by atoms with Gasteiger partial charge in [-0.05, 0) is 43.5 Å². The maximum absolute atomic E-state index is 10.2. The van der Waals surface area contributed by atoms with E-state index in [1.54, 1.807) is 0 Å². The van der Waals surface area contributed by atoms with Gasteiger partial charge in [0.2, 0.25) is 0 Å². The molecule has 1 fully saturated rings. The third-order valence-corrected chi connectivity index (χ3v) is 3.96. The molecule has 2 aliphatic rings. The Hall–Kier alpha value is -1.30. The molecule has 0 amide bonds. The normalized spacial score (nSPS) is 22.2. The SMILES string of the molecule is OC(CNCCC1CCCO1)c1ccc2c(c1)OCCO2. The molecule has 5 heteroatoms. The van der Waals surface area contributed by atoms with E-state index in [4.69, 9.17) is 14.2 Å². The molecule has 3 rings (SSSR count). The average Bonchev–Trinajstić information content (AvgIpc) is 3.04. The van der Waals surface area contributed by atoms with E-state index in [9.17, 15) is 5.11 Å². The van der Waals surface area contributed by atoms with Gasteiger partial charge in [-0.1, -0.05) is 6.07 Å². The van der Waals surface area contributed by atoms with Crippen molar-refractivity contribution in [3.8, 4) is 11.5 Å². The third kappa shape index (κ3) is 3.87. The summed E-state index contributed by atoms with van der Waals surface area (Å²) < 4.78 is 16.6. The molecule has 2 heterocycles. The van der Waals surface area contributed by atoms with Crippen LogP contribution in [0.5, 0.6) is 11.5 Å². The summed E-state index contributed by atoms with van der Waals surface area (Å²) in [5.41, 5.74) is 0.851. The quantitative estimate of drug-likeness (QED) is 0.781. The van der Waals surface area contributed by atoms with Gasteiger partial charge in [-0.25, -0.2) is 0 Å². The number of benzene rings is 1. The molecule has 0 saturated carbocycles. The van der Waals surface area contributed by atoms with Crippen LogP contribution in [0.15, 0.2) is 18.2 Å². The lowest BCUT2D eigenvalue weighted by Crippen LogP contribution is -2.25. The Morgan fingerprint density at radius 2 is 2.05 bits per heavy atom. The third-order valence-electron chi connectivity index (χ3n) is 3.96. The van der Waals surface area contributed by atoms with Crippen LogP contribution in [-0.2, 0) is 4.74 Å². The Morgan fingerprint density at radius 1 is 1.19 bits per heavy atom.